The maximum absolute atomic E-state index is 13.8. The van der Waals surface area contributed by atoms with E-state index in [1.54, 1.807) is 11.8 Å². The molecule has 32 heavy (non-hydrogen) atoms. The van der Waals surface area contributed by atoms with Crippen LogP contribution in [0, 0.1) is 6.92 Å². The normalized spacial score (nSPS) is 21.3. The molecule has 3 aromatic rings. The van der Waals surface area contributed by atoms with Gasteiger partial charge in [0.1, 0.15) is 12.2 Å². The molecule has 1 unspecified atom stereocenters. The van der Waals surface area contributed by atoms with Crippen LogP contribution >= 0.6 is 0 Å². The second-order valence-corrected chi connectivity index (χ2v) is 9.15. The van der Waals surface area contributed by atoms with Crippen LogP contribution in [0.2, 0.25) is 0 Å². The van der Waals surface area contributed by atoms with E-state index in [1.807, 2.05) is 55.5 Å². The number of benzene rings is 2. The zero-order valence-corrected chi connectivity index (χ0v) is 18.5. The average Bonchev–Trinajstić information content (AvgIpc) is 3.42. The van der Waals surface area contributed by atoms with E-state index < -0.39 is 5.54 Å². The van der Waals surface area contributed by atoms with Gasteiger partial charge in [-0.3, -0.25) is 9.59 Å². The number of rotatable bonds is 4. The molecular formula is C26H28N2O4. The van der Waals surface area contributed by atoms with E-state index >= 15 is 0 Å². The summed E-state index contributed by atoms with van der Waals surface area (Å²) in [5.41, 5.74) is 1.51. The van der Waals surface area contributed by atoms with Crippen molar-refractivity contribution in [2.24, 2.45) is 0 Å². The number of hydrogen-bond acceptors (Lipinski definition) is 4. The quantitative estimate of drug-likeness (QED) is 0.654. The molecule has 166 valence electrons. The summed E-state index contributed by atoms with van der Waals surface area (Å²) in [6.07, 6.45) is 4.18. The fraction of sp³-hybridized carbons (Fsp3) is 0.385. The third-order valence-corrected chi connectivity index (χ3v) is 6.72. The van der Waals surface area contributed by atoms with E-state index in [-0.39, 0.29) is 36.8 Å². The maximum atomic E-state index is 13.8. The summed E-state index contributed by atoms with van der Waals surface area (Å²) >= 11 is 0. The topological polar surface area (TPSA) is 71.8 Å². The molecule has 2 amide bonds. The van der Waals surface area contributed by atoms with Crippen molar-refractivity contribution in [1.82, 2.24) is 10.2 Å². The Morgan fingerprint density at radius 1 is 1.12 bits per heavy atom. The van der Waals surface area contributed by atoms with E-state index in [4.69, 9.17) is 9.15 Å². The van der Waals surface area contributed by atoms with Crippen LogP contribution < -0.4 is 10.1 Å². The summed E-state index contributed by atoms with van der Waals surface area (Å²) in [7, 11) is 0. The Labute approximate surface area is 187 Å². The number of ether oxygens (including phenoxy) is 1. The van der Waals surface area contributed by atoms with Gasteiger partial charge in [0.25, 0.3) is 5.91 Å². The minimum absolute atomic E-state index is 0.0552. The van der Waals surface area contributed by atoms with Crippen LogP contribution in [0.4, 0.5) is 0 Å². The molecule has 6 heteroatoms. The van der Waals surface area contributed by atoms with Gasteiger partial charge >= 0.3 is 0 Å². The molecule has 0 spiro atoms. The zero-order chi connectivity index (χ0) is 22.3. The Balaban J connectivity index is 1.55. The second-order valence-electron chi connectivity index (χ2n) is 9.15. The second kappa shape index (κ2) is 8.01. The molecule has 1 atom stereocenters. The van der Waals surface area contributed by atoms with Gasteiger partial charge < -0.3 is 19.4 Å². The van der Waals surface area contributed by atoms with E-state index in [0.29, 0.717) is 11.3 Å². The Kier molecular flexibility index (Phi) is 5.16. The van der Waals surface area contributed by atoms with Crippen molar-refractivity contribution < 1.29 is 18.7 Å². The molecule has 1 saturated carbocycles. The Bertz CT molecular complexity index is 1160. The highest BCUT2D eigenvalue weighted by Gasteiger charge is 2.48. The van der Waals surface area contributed by atoms with Gasteiger partial charge in [0.15, 0.2) is 11.3 Å². The van der Waals surface area contributed by atoms with Crippen molar-refractivity contribution >= 4 is 22.8 Å². The van der Waals surface area contributed by atoms with Gasteiger partial charge in [-0.15, -0.1) is 0 Å². The number of amides is 2. The van der Waals surface area contributed by atoms with Gasteiger partial charge in [-0.05, 0) is 44.4 Å². The van der Waals surface area contributed by atoms with Crippen molar-refractivity contribution in [2.45, 2.75) is 57.7 Å². The molecule has 6 nitrogen and oxygen atoms in total. The third-order valence-electron chi connectivity index (χ3n) is 6.72. The maximum Gasteiger partial charge on any atom is 0.294 e. The molecule has 1 aliphatic carbocycles. The first-order valence-electron chi connectivity index (χ1n) is 11.3. The van der Waals surface area contributed by atoms with E-state index in [0.717, 1.165) is 42.2 Å². The number of fused-ring (bicyclic) bond motifs is 3. The Morgan fingerprint density at radius 3 is 2.59 bits per heavy atom. The zero-order valence-electron chi connectivity index (χ0n) is 18.5. The van der Waals surface area contributed by atoms with Crippen molar-refractivity contribution in [3.63, 3.8) is 0 Å². The third kappa shape index (κ3) is 3.53. The lowest BCUT2D eigenvalue weighted by Gasteiger charge is -2.38. The lowest BCUT2D eigenvalue weighted by molar-refractivity contribution is -0.133. The molecule has 2 heterocycles. The summed E-state index contributed by atoms with van der Waals surface area (Å²) in [4.78, 5) is 29.0. The summed E-state index contributed by atoms with van der Waals surface area (Å²) in [5, 5.41) is 3.92. The van der Waals surface area contributed by atoms with Gasteiger partial charge in [0, 0.05) is 12.6 Å². The largest absolute Gasteiger partial charge is 0.486 e. The highest BCUT2D eigenvalue weighted by atomic mass is 16.5. The Morgan fingerprint density at radius 2 is 1.84 bits per heavy atom. The van der Waals surface area contributed by atoms with Crippen LogP contribution in [0.1, 0.15) is 54.3 Å². The van der Waals surface area contributed by atoms with Crippen LogP contribution in [0.25, 0.3) is 11.0 Å². The first kappa shape index (κ1) is 20.6. The number of hydrogen-bond donors (Lipinski definition) is 1. The SMILES string of the molecule is Cc1ccc(CN2C(=O)c3oc4ccccc4c3OCC2(C)C(=O)NC2CCCC2)cc1. The van der Waals surface area contributed by atoms with Gasteiger partial charge in [0.2, 0.25) is 11.7 Å². The van der Waals surface area contributed by atoms with Crippen LogP contribution in [0.3, 0.4) is 0 Å². The van der Waals surface area contributed by atoms with Gasteiger partial charge in [-0.1, -0.05) is 54.8 Å². The molecule has 1 N–H and O–H groups in total. The molecule has 1 aliphatic heterocycles. The van der Waals surface area contributed by atoms with Gasteiger partial charge in [0.05, 0.1) is 5.39 Å². The lowest BCUT2D eigenvalue weighted by atomic mass is 9.97. The standard InChI is InChI=1S/C26H28N2O4/c1-17-11-13-18(14-12-17)15-28-24(29)23-22(20-9-5-6-10-21(20)32-23)31-16-26(28,2)25(30)27-19-7-3-4-8-19/h5-6,9-14,19H,3-4,7-8,15-16H2,1-2H3,(H,27,30). The molecule has 2 aromatic carbocycles. The Hall–Kier alpha value is -3.28. The number of nitrogens with one attached hydrogen (secondary N) is 1. The molecule has 0 bridgehead atoms. The van der Waals surface area contributed by atoms with Crippen LogP contribution in [-0.2, 0) is 11.3 Å². The van der Waals surface area contributed by atoms with Gasteiger partial charge in [-0.25, -0.2) is 0 Å². The molecule has 0 saturated heterocycles. The van der Waals surface area contributed by atoms with Gasteiger partial charge in [-0.2, -0.15) is 0 Å². The van der Waals surface area contributed by atoms with Crippen LogP contribution in [0.15, 0.2) is 52.9 Å². The number of aryl methyl sites for hydroxylation is 1. The minimum Gasteiger partial charge on any atom is -0.486 e. The monoisotopic (exact) mass is 432 g/mol. The predicted octanol–water partition coefficient (Wildman–Crippen LogP) is 4.59. The smallest absolute Gasteiger partial charge is 0.294 e. The average molecular weight is 433 g/mol. The van der Waals surface area contributed by atoms with E-state index in [9.17, 15) is 9.59 Å². The molecule has 2 aliphatic rings. The number of para-hydroxylation sites is 1. The number of nitrogens with zero attached hydrogens (tertiary/aromatic N) is 1. The van der Waals surface area contributed by atoms with Crippen LogP contribution in [-0.4, -0.2) is 34.9 Å². The van der Waals surface area contributed by atoms with Crippen molar-refractivity contribution in [1.29, 1.82) is 0 Å². The first-order valence-corrected chi connectivity index (χ1v) is 11.3. The summed E-state index contributed by atoms with van der Waals surface area (Å²) in [5.74, 6) is 0.0465. The fourth-order valence-corrected chi connectivity index (χ4v) is 4.66. The van der Waals surface area contributed by atoms with Crippen molar-refractivity contribution in [2.75, 3.05) is 6.61 Å². The minimum atomic E-state index is -1.17. The first-order chi connectivity index (χ1) is 15.5. The lowest BCUT2D eigenvalue weighted by Crippen LogP contribution is -2.62. The van der Waals surface area contributed by atoms with E-state index in [1.165, 1.54) is 0 Å². The predicted molar refractivity (Wildman–Crippen MR) is 122 cm³/mol. The summed E-state index contributed by atoms with van der Waals surface area (Å²) in [6, 6.07) is 15.6. The number of carbonyl (C=O) groups is 2. The van der Waals surface area contributed by atoms with Crippen molar-refractivity contribution in [3.05, 3.63) is 65.4 Å². The van der Waals surface area contributed by atoms with Crippen molar-refractivity contribution in [3.8, 4) is 5.75 Å². The van der Waals surface area contributed by atoms with E-state index in [2.05, 4.69) is 5.32 Å². The summed E-state index contributed by atoms with van der Waals surface area (Å²) < 4.78 is 12.1. The molecule has 1 aromatic heterocycles. The summed E-state index contributed by atoms with van der Waals surface area (Å²) in [6.45, 7) is 4.15. The highest BCUT2D eigenvalue weighted by Crippen LogP contribution is 2.39. The molecule has 0 radical (unpaired) electrons. The molecule has 5 rings (SSSR count). The number of carbonyl (C=O) groups excluding carboxylic acids is 2. The molecular weight excluding hydrogens is 404 g/mol. The molecule has 1 fully saturated rings. The van der Waals surface area contributed by atoms with Crippen LogP contribution in [0.5, 0.6) is 5.75 Å². The number of furan rings is 1. The fourth-order valence-electron chi connectivity index (χ4n) is 4.66. The highest BCUT2D eigenvalue weighted by molar-refractivity contribution is 6.04.